The fourth-order valence-electron chi connectivity index (χ4n) is 2.89. The van der Waals surface area contributed by atoms with Crippen molar-refractivity contribution in [3.63, 3.8) is 0 Å². The topological polar surface area (TPSA) is 46.0 Å². The fourth-order valence-corrected chi connectivity index (χ4v) is 2.89. The molecule has 1 aliphatic heterocycles. The highest BCUT2D eigenvalue weighted by Crippen LogP contribution is 2.17. The molecule has 1 aliphatic rings. The maximum atomic E-state index is 4.79. The predicted molar refractivity (Wildman–Crippen MR) is 80.6 cm³/mol. The Morgan fingerprint density at radius 3 is 3.15 bits per heavy atom. The van der Waals surface area contributed by atoms with Gasteiger partial charge in [0.25, 0.3) is 0 Å². The normalized spacial score (nSPS) is 17.4. The molecule has 0 atom stereocenters. The van der Waals surface area contributed by atoms with E-state index in [0.29, 0.717) is 0 Å². The van der Waals surface area contributed by atoms with E-state index in [4.69, 9.17) is 4.98 Å². The largest absolute Gasteiger partial charge is 0.327 e. The molecule has 5 heteroatoms. The third-order valence-corrected chi connectivity index (χ3v) is 3.87. The average molecular weight is 273 g/mol. The van der Waals surface area contributed by atoms with Crippen molar-refractivity contribution in [2.75, 3.05) is 26.2 Å². The van der Waals surface area contributed by atoms with Gasteiger partial charge in [-0.15, -0.1) is 0 Å². The Morgan fingerprint density at radius 1 is 1.30 bits per heavy atom. The second-order valence-electron chi connectivity index (χ2n) is 5.42. The molecule has 1 fully saturated rings. The van der Waals surface area contributed by atoms with Gasteiger partial charge in [0.1, 0.15) is 11.3 Å². The molecule has 1 N–H and O–H groups in total. The Balaban J connectivity index is 1.87. The number of rotatable bonds is 4. The summed E-state index contributed by atoms with van der Waals surface area (Å²) in [7, 11) is 0. The van der Waals surface area contributed by atoms with Crippen LogP contribution in [0, 0.1) is 0 Å². The van der Waals surface area contributed by atoms with E-state index in [9.17, 15) is 0 Å². The van der Waals surface area contributed by atoms with Gasteiger partial charge in [0.2, 0.25) is 0 Å². The maximum absolute atomic E-state index is 4.79. The molecule has 0 aliphatic carbocycles. The SMILES string of the molecule is CCCn1c(CN2CCCNCC2)nc2cnccc21. The lowest BCUT2D eigenvalue weighted by atomic mass is 10.3. The smallest absolute Gasteiger partial charge is 0.124 e. The number of nitrogens with one attached hydrogen (secondary N) is 1. The molecule has 0 bridgehead atoms. The summed E-state index contributed by atoms with van der Waals surface area (Å²) in [5.41, 5.74) is 2.23. The van der Waals surface area contributed by atoms with E-state index in [1.54, 1.807) is 0 Å². The summed E-state index contributed by atoms with van der Waals surface area (Å²) in [6.45, 7) is 8.65. The van der Waals surface area contributed by atoms with Crippen molar-refractivity contribution in [2.24, 2.45) is 0 Å². The van der Waals surface area contributed by atoms with Gasteiger partial charge in [0.05, 0.1) is 18.3 Å². The van der Waals surface area contributed by atoms with E-state index in [2.05, 4.69) is 32.8 Å². The van der Waals surface area contributed by atoms with E-state index in [1.807, 2.05) is 12.4 Å². The minimum atomic E-state index is 0.941. The molecule has 2 aromatic rings. The Morgan fingerprint density at radius 2 is 2.25 bits per heavy atom. The quantitative estimate of drug-likeness (QED) is 0.920. The summed E-state index contributed by atoms with van der Waals surface area (Å²) in [6.07, 6.45) is 6.07. The molecular weight excluding hydrogens is 250 g/mol. The highest BCUT2D eigenvalue weighted by atomic mass is 15.2. The second-order valence-corrected chi connectivity index (χ2v) is 5.42. The third-order valence-electron chi connectivity index (χ3n) is 3.87. The summed E-state index contributed by atoms with van der Waals surface area (Å²) in [5, 5.41) is 3.45. The van der Waals surface area contributed by atoms with Crippen LogP contribution in [0.4, 0.5) is 0 Å². The number of pyridine rings is 1. The van der Waals surface area contributed by atoms with Crippen molar-refractivity contribution in [2.45, 2.75) is 32.9 Å². The van der Waals surface area contributed by atoms with Crippen LogP contribution >= 0.6 is 0 Å². The van der Waals surface area contributed by atoms with Crippen molar-refractivity contribution < 1.29 is 0 Å². The van der Waals surface area contributed by atoms with Crippen LogP contribution in [0.3, 0.4) is 0 Å². The van der Waals surface area contributed by atoms with Crippen LogP contribution in [0.5, 0.6) is 0 Å². The first-order chi connectivity index (χ1) is 9.88. The highest BCUT2D eigenvalue weighted by Gasteiger charge is 2.15. The van der Waals surface area contributed by atoms with Gasteiger partial charge < -0.3 is 9.88 Å². The number of hydrogen-bond acceptors (Lipinski definition) is 4. The molecule has 3 rings (SSSR count). The Bertz CT molecular complexity index is 554. The van der Waals surface area contributed by atoms with Crippen LogP contribution < -0.4 is 5.32 Å². The molecular formula is C15H23N5. The zero-order valence-corrected chi connectivity index (χ0v) is 12.2. The monoisotopic (exact) mass is 273 g/mol. The number of imidazole rings is 1. The van der Waals surface area contributed by atoms with Crippen molar-refractivity contribution >= 4 is 11.0 Å². The molecule has 1 saturated heterocycles. The lowest BCUT2D eigenvalue weighted by Gasteiger charge is -2.19. The van der Waals surface area contributed by atoms with Gasteiger partial charge in [0, 0.05) is 25.8 Å². The fraction of sp³-hybridized carbons (Fsp3) is 0.600. The molecule has 20 heavy (non-hydrogen) atoms. The van der Waals surface area contributed by atoms with Crippen LogP contribution in [-0.4, -0.2) is 45.6 Å². The molecule has 0 spiro atoms. The zero-order valence-electron chi connectivity index (χ0n) is 12.2. The van der Waals surface area contributed by atoms with E-state index < -0.39 is 0 Å². The number of aromatic nitrogens is 3. The van der Waals surface area contributed by atoms with Crippen LogP contribution in [0.25, 0.3) is 11.0 Å². The van der Waals surface area contributed by atoms with Gasteiger partial charge >= 0.3 is 0 Å². The van der Waals surface area contributed by atoms with Crippen molar-refractivity contribution in [1.82, 2.24) is 24.8 Å². The van der Waals surface area contributed by atoms with Crippen LogP contribution in [0.1, 0.15) is 25.6 Å². The molecule has 0 radical (unpaired) electrons. The maximum Gasteiger partial charge on any atom is 0.124 e. The zero-order chi connectivity index (χ0) is 13.8. The number of aryl methyl sites for hydroxylation is 1. The number of nitrogens with zero attached hydrogens (tertiary/aromatic N) is 4. The van der Waals surface area contributed by atoms with Crippen molar-refractivity contribution in [3.8, 4) is 0 Å². The highest BCUT2D eigenvalue weighted by molar-refractivity contribution is 5.74. The number of hydrogen-bond donors (Lipinski definition) is 1. The average Bonchev–Trinajstić information content (AvgIpc) is 2.64. The van der Waals surface area contributed by atoms with Gasteiger partial charge in [-0.3, -0.25) is 9.88 Å². The Hall–Kier alpha value is -1.46. The first-order valence-corrected chi connectivity index (χ1v) is 7.60. The van der Waals surface area contributed by atoms with Gasteiger partial charge in [0.15, 0.2) is 0 Å². The first kappa shape index (κ1) is 13.5. The van der Waals surface area contributed by atoms with E-state index in [-0.39, 0.29) is 0 Å². The van der Waals surface area contributed by atoms with E-state index in [0.717, 1.165) is 51.2 Å². The summed E-state index contributed by atoms with van der Waals surface area (Å²) in [4.78, 5) is 11.5. The Kier molecular flexibility index (Phi) is 4.28. The van der Waals surface area contributed by atoms with Gasteiger partial charge in [-0.05, 0) is 32.0 Å². The van der Waals surface area contributed by atoms with Gasteiger partial charge in [-0.25, -0.2) is 4.98 Å². The van der Waals surface area contributed by atoms with Crippen LogP contribution in [-0.2, 0) is 13.1 Å². The first-order valence-electron chi connectivity index (χ1n) is 7.60. The summed E-state index contributed by atoms with van der Waals surface area (Å²) in [6, 6.07) is 2.07. The lowest BCUT2D eigenvalue weighted by molar-refractivity contribution is 0.273. The second kappa shape index (κ2) is 6.33. The number of fused-ring (bicyclic) bond motifs is 1. The standard InChI is InChI=1S/C15H23N5/c1-2-8-20-14-4-6-17-11-13(14)18-15(20)12-19-9-3-5-16-7-10-19/h4,6,11,16H,2-3,5,7-10,12H2,1H3. The molecule has 3 heterocycles. The molecule has 0 aromatic carbocycles. The molecule has 108 valence electrons. The van der Waals surface area contributed by atoms with Crippen molar-refractivity contribution in [1.29, 1.82) is 0 Å². The summed E-state index contributed by atoms with van der Waals surface area (Å²) < 4.78 is 2.36. The summed E-state index contributed by atoms with van der Waals surface area (Å²) >= 11 is 0. The molecule has 2 aromatic heterocycles. The molecule has 0 saturated carbocycles. The minimum Gasteiger partial charge on any atom is -0.327 e. The lowest BCUT2D eigenvalue weighted by Crippen LogP contribution is -2.29. The molecule has 0 amide bonds. The molecule has 5 nitrogen and oxygen atoms in total. The van der Waals surface area contributed by atoms with Crippen molar-refractivity contribution in [3.05, 3.63) is 24.3 Å². The Labute approximate surface area is 120 Å². The van der Waals surface area contributed by atoms with E-state index >= 15 is 0 Å². The summed E-state index contributed by atoms with van der Waals surface area (Å²) in [5.74, 6) is 1.18. The van der Waals surface area contributed by atoms with E-state index in [1.165, 1.54) is 17.8 Å². The predicted octanol–water partition coefficient (Wildman–Crippen LogP) is 1.64. The van der Waals surface area contributed by atoms with Crippen LogP contribution in [0.15, 0.2) is 18.5 Å². The minimum absolute atomic E-state index is 0.941. The van der Waals surface area contributed by atoms with Gasteiger partial charge in [-0.1, -0.05) is 6.92 Å². The van der Waals surface area contributed by atoms with Gasteiger partial charge in [-0.2, -0.15) is 0 Å². The molecule has 0 unspecified atom stereocenters. The third kappa shape index (κ3) is 2.83. The van der Waals surface area contributed by atoms with Crippen LogP contribution in [0.2, 0.25) is 0 Å².